The lowest BCUT2D eigenvalue weighted by Crippen LogP contribution is -2.28. The van der Waals surface area contributed by atoms with Gasteiger partial charge >= 0.3 is 12.0 Å². The molecule has 0 aliphatic rings. The Kier molecular flexibility index (Phi) is 5.36. The number of amides is 2. The summed E-state index contributed by atoms with van der Waals surface area (Å²) in [6.07, 6.45) is 3.24. The number of aromatic nitrogens is 3. The van der Waals surface area contributed by atoms with Crippen LogP contribution in [0.2, 0.25) is 0 Å². The number of urea groups is 1. The van der Waals surface area contributed by atoms with Gasteiger partial charge in [0.1, 0.15) is 5.69 Å². The molecule has 0 saturated heterocycles. The monoisotopic (exact) mass is 419 g/mol. The third-order valence-corrected chi connectivity index (χ3v) is 5.32. The van der Waals surface area contributed by atoms with Crippen LogP contribution >= 0.6 is 11.3 Å². The highest BCUT2D eigenvalue weighted by molar-refractivity contribution is 7.22. The van der Waals surface area contributed by atoms with E-state index in [9.17, 15) is 9.59 Å². The molecule has 0 aliphatic heterocycles. The molecule has 0 unspecified atom stereocenters. The maximum atomic E-state index is 11.9. The van der Waals surface area contributed by atoms with Crippen LogP contribution in [0.4, 0.5) is 9.93 Å². The van der Waals surface area contributed by atoms with Gasteiger partial charge < -0.3 is 10.4 Å². The van der Waals surface area contributed by atoms with Crippen molar-refractivity contribution in [2.45, 2.75) is 6.92 Å². The predicted molar refractivity (Wildman–Crippen MR) is 116 cm³/mol. The number of nitrogens with one attached hydrogen (secondary N) is 2. The smallest absolute Gasteiger partial charge is 0.354 e. The maximum Gasteiger partial charge on any atom is 0.354 e. The first-order chi connectivity index (χ1) is 14.5. The number of anilines is 1. The van der Waals surface area contributed by atoms with E-state index in [0.717, 1.165) is 27.1 Å². The van der Waals surface area contributed by atoms with E-state index in [1.54, 1.807) is 12.3 Å². The van der Waals surface area contributed by atoms with Crippen LogP contribution in [0.25, 0.3) is 32.6 Å². The van der Waals surface area contributed by atoms with E-state index in [2.05, 4.69) is 25.6 Å². The Morgan fingerprint density at radius 1 is 1.10 bits per heavy atom. The zero-order chi connectivity index (χ0) is 21.1. The second-order valence-electron chi connectivity index (χ2n) is 6.33. The Labute approximate surface area is 175 Å². The number of carbonyl (C=O) groups excluding carboxylic acids is 1. The summed E-state index contributed by atoms with van der Waals surface area (Å²) in [5.41, 5.74) is 3.89. The Hall–Kier alpha value is -3.85. The number of carboxylic acids is 1. The van der Waals surface area contributed by atoms with Crippen molar-refractivity contribution >= 4 is 38.7 Å². The summed E-state index contributed by atoms with van der Waals surface area (Å²) >= 11 is 1.37. The number of thiazole rings is 1. The summed E-state index contributed by atoms with van der Waals surface area (Å²) in [5.74, 6) is -1.08. The van der Waals surface area contributed by atoms with Crippen molar-refractivity contribution in [2.75, 3.05) is 11.9 Å². The summed E-state index contributed by atoms with van der Waals surface area (Å²) in [6, 6.07) is 12.4. The van der Waals surface area contributed by atoms with Gasteiger partial charge in [0.15, 0.2) is 5.13 Å². The normalized spacial score (nSPS) is 10.7. The van der Waals surface area contributed by atoms with Crippen molar-refractivity contribution in [3.05, 3.63) is 60.6 Å². The predicted octanol–water partition coefficient (Wildman–Crippen LogP) is 4.26. The average molecular weight is 419 g/mol. The van der Waals surface area contributed by atoms with Crippen LogP contribution in [0.3, 0.4) is 0 Å². The van der Waals surface area contributed by atoms with Gasteiger partial charge in [-0.3, -0.25) is 10.3 Å². The largest absolute Gasteiger partial charge is 0.477 e. The van der Waals surface area contributed by atoms with Gasteiger partial charge in [0, 0.05) is 30.1 Å². The third kappa shape index (κ3) is 3.96. The summed E-state index contributed by atoms with van der Waals surface area (Å²) in [6.45, 7) is 2.35. The molecular formula is C21H17N5O3S. The Morgan fingerprint density at radius 2 is 1.97 bits per heavy atom. The van der Waals surface area contributed by atoms with Crippen molar-refractivity contribution in [1.82, 2.24) is 20.3 Å². The van der Waals surface area contributed by atoms with Crippen LogP contribution in [-0.2, 0) is 0 Å². The molecule has 4 aromatic rings. The number of hydrogen-bond donors (Lipinski definition) is 3. The van der Waals surface area contributed by atoms with Crippen molar-refractivity contribution in [3.8, 4) is 22.4 Å². The molecule has 30 heavy (non-hydrogen) atoms. The van der Waals surface area contributed by atoms with E-state index in [4.69, 9.17) is 5.11 Å². The van der Waals surface area contributed by atoms with Crippen molar-refractivity contribution < 1.29 is 14.7 Å². The topological polar surface area (TPSA) is 117 Å². The zero-order valence-corrected chi connectivity index (χ0v) is 16.7. The van der Waals surface area contributed by atoms with Gasteiger partial charge in [-0.25, -0.2) is 19.6 Å². The highest BCUT2D eigenvalue weighted by atomic mass is 32.1. The van der Waals surface area contributed by atoms with Gasteiger partial charge in [-0.1, -0.05) is 23.5 Å². The second-order valence-corrected chi connectivity index (χ2v) is 7.33. The molecule has 0 fully saturated rings. The molecule has 150 valence electrons. The van der Waals surface area contributed by atoms with Crippen LogP contribution in [0.1, 0.15) is 17.4 Å². The third-order valence-electron chi connectivity index (χ3n) is 4.30. The molecule has 0 aliphatic carbocycles. The number of rotatable bonds is 5. The summed E-state index contributed by atoms with van der Waals surface area (Å²) in [5, 5.41) is 15.0. The molecule has 0 spiro atoms. The molecule has 1 aromatic carbocycles. The Bertz CT molecular complexity index is 1220. The first-order valence-corrected chi connectivity index (χ1v) is 9.97. The molecule has 0 atom stereocenters. The van der Waals surface area contributed by atoms with E-state index >= 15 is 0 Å². The first-order valence-electron chi connectivity index (χ1n) is 9.15. The fraction of sp³-hybridized carbons (Fsp3) is 0.0952. The number of pyridine rings is 2. The molecule has 4 rings (SSSR count). The van der Waals surface area contributed by atoms with Crippen LogP contribution in [0, 0.1) is 0 Å². The standard InChI is InChI=1S/C21H17N5O3S/c1-2-22-20(29)26-21-25-17-10-13(12-6-7-16(19(27)28)24-11-12)9-14(18(17)30-21)15-5-3-4-8-23-15/h3-11H,2H2,1H3,(H,27,28)(H2,22,25,26,29). The summed E-state index contributed by atoms with van der Waals surface area (Å²) in [7, 11) is 0. The molecular weight excluding hydrogens is 402 g/mol. The van der Waals surface area contributed by atoms with E-state index in [1.165, 1.54) is 23.6 Å². The SMILES string of the molecule is CCNC(=O)Nc1nc2cc(-c3ccc(C(=O)O)nc3)cc(-c3ccccn3)c2s1. The molecule has 3 heterocycles. The number of benzene rings is 1. The number of nitrogens with zero attached hydrogens (tertiary/aromatic N) is 3. The van der Waals surface area contributed by atoms with Crippen LogP contribution in [0.15, 0.2) is 54.9 Å². The molecule has 0 bridgehead atoms. The zero-order valence-electron chi connectivity index (χ0n) is 15.9. The fourth-order valence-electron chi connectivity index (χ4n) is 2.96. The van der Waals surface area contributed by atoms with Crippen molar-refractivity contribution in [1.29, 1.82) is 0 Å². The van der Waals surface area contributed by atoms with Crippen molar-refractivity contribution in [2.24, 2.45) is 0 Å². The van der Waals surface area contributed by atoms with Crippen LogP contribution < -0.4 is 10.6 Å². The molecule has 3 N–H and O–H groups in total. The van der Waals surface area contributed by atoms with Gasteiger partial charge in [0.25, 0.3) is 0 Å². The van der Waals surface area contributed by atoms with E-state index < -0.39 is 5.97 Å². The summed E-state index contributed by atoms with van der Waals surface area (Å²) in [4.78, 5) is 36.0. The van der Waals surface area contributed by atoms with E-state index in [-0.39, 0.29) is 11.7 Å². The molecule has 2 amide bonds. The average Bonchev–Trinajstić information content (AvgIpc) is 3.16. The molecule has 0 radical (unpaired) electrons. The number of hydrogen-bond acceptors (Lipinski definition) is 6. The number of fused-ring (bicyclic) bond motifs is 1. The van der Waals surface area contributed by atoms with E-state index in [0.29, 0.717) is 17.2 Å². The van der Waals surface area contributed by atoms with Gasteiger partial charge in [-0.15, -0.1) is 0 Å². The van der Waals surface area contributed by atoms with Gasteiger partial charge in [-0.05, 0) is 42.8 Å². The van der Waals surface area contributed by atoms with Gasteiger partial charge in [0.2, 0.25) is 0 Å². The Morgan fingerprint density at radius 3 is 2.63 bits per heavy atom. The van der Waals surface area contributed by atoms with Crippen LogP contribution in [-0.4, -0.2) is 38.6 Å². The highest BCUT2D eigenvalue weighted by Crippen LogP contribution is 2.38. The number of aromatic carboxylic acids is 1. The lowest BCUT2D eigenvalue weighted by Gasteiger charge is -2.07. The summed E-state index contributed by atoms with van der Waals surface area (Å²) < 4.78 is 0.888. The molecule has 3 aromatic heterocycles. The molecule has 9 heteroatoms. The minimum absolute atomic E-state index is 0.0214. The number of carboxylic acid groups (broad SMARTS) is 1. The fourth-order valence-corrected chi connectivity index (χ4v) is 3.92. The quantitative estimate of drug-likeness (QED) is 0.445. The molecule has 8 nitrogen and oxygen atoms in total. The number of carbonyl (C=O) groups is 2. The maximum absolute atomic E-state index is 11.9. The first kappa shape index (κ1) is 19.5. The van der Waals surface area contributed by atoms with E-state index in [1.807, 2.05) is 37.3 Å². The van der Waals surface area contributed by atoms with Crippen molar-refractivity contribution in [3.63, 3.8) is 0 Å². The minimum atomic E-state index is -1.08. The van der Waals surface area contributed by atoms with Gasteiger partial charge in [-0.2, -0.15) is 0 Å². The second kappa shape index (κ2) is 8.26. The molecule has 0 saturated carbocycles. The highest BCUT2D eigenvalue weighted by Gasteiger charge is 2.15. The lowest BCUT2D eigenvalue weighted by atomic mass is 10.0. The van der Waals surface area contributed by atoms with Gasteiger partial charge in [0.05, 0.1) is 15.9 Å². The van der Waals surface area contributed by atoms with Crippen LogP contribution in [0.5, 0.6) is 0 Å². The lowest BCUT2D eigenvalue weighted by molar-refractivity contribution is 0.0690. The Balaban J connectivity index is 1.83. The minimum Gasteiger partial charge on any atom is -0.477 e.